The van der Waals surface area contributed by atoms with Crippen molar-refractivity contribution in [2.75, 3.05) is 18.4 Å². The van der Waals surface area contributed by atoms with E-state index in [9.17, 15) is 9.18 Å². The van der Waals surface area contributed by atoms with Crippen molar-refractivity contribution in [3.05, 3.63) is 41.5 Å². The molecule has 1 aromatic carbocycles. The van der Waals surface area contributed by atoms with E-state index in [1.807, 2.05) is 11.8 Å². The lowest BCUT2D eigenvalue weighted by Crippen LogP contribution is -2.45. The molecule has 0 radical (unpaired) electrons. The van der Waals surface area contributed by atoms with E-state index in [-0.39, 0.29) is 29.6 Å². The van der Waals surface area contributed by atoms with Gasteiger partial charge < -0.3 is 14.6 Å². The molecule has 2 heterocycles. The third kappa shape index (κ3) is 3.38. The summed E-state index contributed by atoms with van der Waals surface area (Å²) in [5.41, 5.74) is 1.64. The quantitative estimate of drug-likeness (QED) is 0.851. The Kier molecular flexibility index (Phi) is 4.14. The SMILES string of the molecule is C[C@H](Nc1nnc([C@@H]2CC2c2ccc(F)cc2)o1)C(=O)N1CCC2(CC1)CC2. The number of hydrogen-bond acceptors (Lipinski definition) is 5. The van der Waals surface area contributed by atoms with Gasteiger partial charge in [0.1, 0.15) is 11.9 Å². The molecule has 7 heteroatoms. The van der Waals surface area contributed by atoms with E-state index in [0.717, 1.165) is 37.9 Å². The second-order valence-electron chi connectivity index (χ2n) is 8.64. The summed E-state index contributed by atoms with van der Waals surface area (Å²) >= 11 is 0. The van der Waals surface area contributed by atoms with Gasteiger partial charge >= 0.3 is 6.01 Å². The van der Waals surface area contributed by atoms with Crippen LogP contribution >= 0.6 is 0 Å². The Hall–Kier alpha value is -2.44. The van der Waals surface area contributed by atoms with E-state index in [4.69, 9.17) is 4.42 Å². The van der Waals surface area contributed by atoms with Crippen molar-refractivity contribution in [2.24, 2.45) is 5.41 Å². The van der Waals surface area contributed by atoms with Crippen molar-refractivity contribution in [2.45, 2.75) is 56.9 Å². The number of likely N-dealkylation sites (tertiary alicyclic amines) is 1. The van der Waals surface area contributed by atoms with Crippen molar-refractivity contribution >= 4 is 11.9 Å². The third-order valence-electron chi connectivity index (χ3n) is 6.65. The predicted molar refractivity (Wildman–Crippen MR) is 101 cm³/mol. The van der Waals surface area contributed by atoms with Gasteiger partial charge in [0, 0.05) is 19.0 Å². The molecule has 28 heavy (non-hydrogen) atoms. The van der Waals surface area contributed by atoms with Gasteiger partial charge in [-0.1, -0.05) is 17.2 Å². The maximum atomic E-state index is 13.1. The minimum absolute atomic E-state index is 0.0888. The van der Waals surface area contributed by atoms with Crippen LogP contribution in [0.15, 0.2) is 28.7 Å². The molecule has 1 amide bonds. The van der Waals surface area contributed by atoms with Crippen molar-refractivity contribution < 1.29 is 13.6 Å². The second-order valence-corrected chi connectivity index (χ2v) is 8.64. The van der Waals surface area contributed by atoms with Crippen LogP contribution in [0.4, 0.5) is 10.4 Å². The topological polar surface area (TPSA) is 71.3 Å². The zero-order valence-corrected chi connectivity index (χ0v) is 16.0. The molecule has 1 aromatic heterocycles. The van der Waals surface area contributed by atoms with Crippen LogP contribution in [-0.2, 0) is 4.79 Å². The van der Waals surface area contributed by atoms with Gasteiger partial charge in [0.05, 0.1) is 0 Å². The summed E-state index contributed by atoms with van der Waals surface area (Å²) in [4.78, 5) is 14.6. The fourth-order valence-electron chi connectivity index (χ4n) is 4.39. The van der Waals surface area contributed by atoms with Crippen molar-refractivity contribution in [3.63, 3.8) is 0 Å². The maximum Gasteiger partial charge on any atom is 0.316 e. The summed E-state index contributed by atoms with van der Waals surface area (Å²) in [5.74, 6) is 0.883. The number of carbonyl (C=O) groups is 1. The highest BCUT2D eigenvalue weighted by molar-refractivity contribution is 5.83. The van der Waals surface area contributed by atoms with Crippen LogP contribution in [0.1, 0.15) is 62.3 Å². The zero-order chi connectivity index (χ0) is 19.3. The highest BCUT2D eigenvalue weighted by Gasteiger charge is 2.46. The zero-order valence-electron chi connectivity index (χ0n) is 16.0. The summed E-state index contributed by atoms with van der Waals surface area (Å²) < 4.78 is 18.8. The summed E-state index contributed by atoms with van der Waals surface area (Å²) in [6.45, 7) is 3.54. The number of nitrogens with one attached hydrogen (secondary N) is 1. The molecule has 2 aliphatic carbocycles. The minimum Gasteiger partial charge on any atom is -0.408 e. The molecule has 1 aliphatic heterocycles. The molecule has 1 saturated heterocycles. The molecule has 5 rings (SSSR count). The number of anilines is 1. The second kappa shape index (κ2) is 6.57. The molecule has 1 spiro atoms. The summed E-state index contributed by atoms with van der Waals surface area (Å²) in [7, 11) is 0. The Morgan fingerprint density at radius 2 is 1.89 bits per heavy atom. The molecular weight excluding hydrogens is 359 g/mol. The fraction of sp³-hybridized carbons (Fsp3) is 0.571. The molecule has 2 saturated carbocycles. The van der Waals surface area contributed by atoms with Gasteiger partial charge in [-0.15, -0.1) is 5.10 Å². The Morgan fingerprint density at radius 3 is 2.57 bits per heavy atom. The Morgan fingerprint density at radius 1 is 1.18 bits per heavy atom. The average Bonchev–Trinajstić information content (AvgIpc) is 3.61. The van der Waals surface area contributed by atoms with E-state index in [0.29, 0.717) is 11.3 Å². The number of nitrogens with zero attached hydrogens (tertiary/aromatic N) is 3. The van der Waals surface area contributed by atoms with E-state index >= 15 is 0 Å². The lowest BCUT2D eigenvalue weighted by molar-refractivity contribution is -0.133. The normalized spacial score (nSPS) is 26.1. The lowest BCUT2D eigenvalue weighted by Gasteiger charge is -2.33. The van der Waals surface area contributed by atoms with Crippen LogP contribution in [0.2, 0.25) is 0 Å². The number of halogens is 1. The molecule has 3 fully saturated rings. The third-order valence-corrected chi connectivity index (χ3v) is 6.65. The number of benzene rings is 1. The van der Waals surface area contributed by atoms with Gasteiger partial charge in [0.2, 0.25) is 11.8 Å². The highest BCUT2D eigenvalue weighted by atomic mass is 19.1. The standard InChI is InChI=1S/C21H25FN4O2/c1-13(19(27)26-10-8-21(6-7-21)9-11-26)23-20-25-24-18(28-20)17-12-16(17)14-2-4-15(22)5-3-14/h2-5,13,16-17H,6-12H2,1H3,(H,23,25)/t13-,16?,17+/m0/s1. The van der Waals surface area contributed by atoms with E-state index in [1.54, 1.807) is 12.1 Å². The monoisotopic (exact) mass is 384 g/mol. The lowest BCUT2D eigenvalue weighted by atomic mass is 9.93. The first kappa shape index (κ1) is 17.6. The van der Waals surface area contributed by atoms with Gasteiger partial charge in [-0.2, -0.15) is 0 Å². The van der Waals surface area contributed by atoms with Crippen LogP contribution in [0, 0.1) is 11.2 Å². The number of hydrogen-bond donors (Lipinski definition) is 1. The number of rotatable bonds is 5. The Bertz CT molecular complexity index is 867. The highest BCUT2D eigenvalue weighted by Crippen LogP contribution is 2.54. The van der Waals surface area contributed by atoms with E-state index in [2.05, 4.69) is 15.5 Å². The van der Waals surface area contributed by atoms with Gasteiger partial charge in [-0.25, -0.2) is 4.39 Å². The van der Waals surface area contributed by atoms with Gasteiger partial charge in [0.15, 0.2) is 0 Å². The molecule has 1 N–H and O–H groups in total. The van der Waals surface area contributed by atoms with Gasteiger partial charge in [-0.05, 0) is 68.1 Å². The fourth-order valence-corrected chi connectivity index (χ4v) is 4.39. The number of amides is 1. The number of carbonyl (C=O) groups excluding carboxylic acids is 1. The van der Waals surface area contributed by atoms with Crippen LogP contribution in [0.5, 0.6) is 0 Å². The first-order valence-corrected chi connectivity index (χ1v) is 10.2. The van der Waals surface area contributed by atoms with Gasteiger partial charge in [0.25, 0.3) is 0 Å². The molecule has 2 aromatic rings. The van der Waals surface area contributed by atoms with Crippen molar-refractivity contribution in [1.29, 1.82) is 0 Å². The van der Waals surface area contributed by atoms with Gasteiger partial charge in [-0.3, -0.25) is 4.79 Å². The van der Waals surface area contributed by atoms with E-state index < -0.39 is 6.04 Å². The molecule has 1 unspecified atom stereocenters. The van der Waals surface area contributed by atoms with Crippen LogP contribution in [-0.4, -0.2) is 40.1 Å². The summed E-state index contributed by atoms with van der Waals surface area (Å²) in [6.07, 6.45) is 5.82. The van der Waals surface area contributed by atoms with Crippen molar-refractivity contribution in [1.82, 2.24) is 15.1 Å². The van der Waals surface area contributed by atoms with E-state index in [1.165, 1.54) is 25.0 Å². The Labute approximate surface area is 163 Å². The molecule has 3 atom stereocenters. The summed E-state index contributed by atoms with van der Waals surface area (Å²) in [5, 5.41) is 11.3. The summed E-state index contributed by atoms with van der Waals surface area (Å²) in [6, 6.07) is 6.46. The molecule has 0 bridgehead atoms. The van der Waals surface area contributed by atoms with Crippen LogP contribution in [0.3, 0.4) is 0 Å². The number of piperidine rings is 1. The maximum absolute atomic E-state index is 13.1. The molecule has 148 valence electrons. The first-order valence-electron chi connectivity index (χ1n) is 10.2. The average molecular weight is 384 g/mol. The molecular formula is C21H25FN4O2. The molecule has 6 nitrogen and oxygen atoms in total. The van der Waals surface area contributed by atoms with Crippen molar-refractivity contribution in [3.8, 4) is 0 Å². The predicted octanol–water partition coefficient (Wildman–Crippen LogP) is 3.68. The van der Waals surface area contributed by atoms with Crippen LogP contribution < -0.4 is 5.32 Å². The minimum atomic E-state index is -0.395. The smallest absolute Gasteiger partial charge is 0.316 e. The number of aromatic nitrogens is 2. The largest absolute Gasteiger partial charge is 0.408 e. The molecule has 3 aliphatic rings. The first-order chi connectivity index (χ1) is 13.5. The van der Waals surface area contributed by atoms with Crippen LogP contribution in [0.25, 0.3) is 0 Å². The Balaban J connectivity index is 1.16.